The van der Waals surface area contributed by atoms with Gasteiger partial charge < -0.3 is 5.32 Å². The molecule has 6 heteroatoms. The molecule has 0 aliphatic rings. The van der Waals surface area contributed by atoms with Gasteiger partial charge in [0.05, 0.1) is 5.69 Å². The topological polar surface area (TPSA) is 59.8 Å². The lowest BCUT2D eigenvalue weighted by Gasteiger charge is -2.06. The van der Waals surface area contributed by atoms with Gasteiger partial charge in [-0.3, -0.25) is 14.5 Å². The SMILES string of the molecule is Cn1nc(-c2ccccc2)cc1C(=O)NCc1cncc(-c2cccs2)c1. The van der Waals surface area contributed by atoms with Crippen LogP contribution in [-0.4, -0.2) is 20.7 Å². The minimum absolute atomic E-state index is 0.159. The molecule has 4 aromatic rings. The first-order valence-corrected chi connectivity index (χ1v) is 9.44. The normalized spacial score (nSPS) is 10.7. The van der Waals surface area contributed by atoms with Crippen molar-refractivity contribution in [2.24, 2.45) is 7.05 Å². The molecule has 0 aliphatic heterocycles. The molecule has 3 heterocycles. The third-order valence-corrected chi connectivity index (χ3v) is 5.15. The number of aryl methyl sites for hydroxylation is 1. The van der Waals surface area contributed by atoms with Gasteiger partial charge in [0.2, 0.25) is 0 Å². The molecule has 1 amide bonds. The number of carbonyl (C=O) groups excluding carboxylic acids is 1. The summed E-state index contributed by atoms with van der Waals surface area (Å²) in [5.41, 5.74) is 4.31. The third-order valence-electron chi connectivity index (χ3n) is 4.24. The number of thiophene rings is 1. The largest absolute Gasteiger partial charge is 0.347 e. The van der Waals surface area contributed by atoms with E-state index in [1.165, 1.54) is 0 Å². The van der Waals surface area contributed by atoms with E-state index >= 15 is 0 Å². The second kappa shape index (κ2) is 7.55. The number of pyridine rings is 1. The maximum Gasteiger partial charge on any atom is 0.269 e. The first kappa shape index (κ1) is 17.2. The summed E-state index contributed by atoms with van der Waals surface area (Å²) in [4.78, 5) is 18.1. The average Bonchev–Trinajstić information content (AvgIpc) is 3.37. The number of carbonyl (C=O) groups is 1. The zero-order valence-corrected chi connectivity index (χ0v) is 15.6. The Morgan fingerprint density at radius 1 is 1.07 bits per heavy atom. The summed E-state index contributed by atoms with van der Waals surface area (Å²) in [6, 6.07) is 17.8. The molecule has 0 saturated carbocycles. The van der Waals surface area contributed by atoms with Crippen LogP contribution in [-0.2, 0) is 13.6 Å². The molecule has 1 aromatic carbocycles. The van der Waals surface area contributed by atoms with Crippen molar-refractivity contribution in [3.05, 3.63) is 83.6 Å². The van der Waals surface area contributed by atoms with Crippen LogP contribution in [0.4, 0.5) is 0 Å². The van der Waals surface area contributed by atoms with Gasteiger partial charge in [-0.15, -0.1) is 11.3 Å². The summed E-state index contributed by atoms with van der Waals surface area (Å²) in [5, 5.41) is 9.44. The predicted molar refractivity (Wildman–Crippen MR) is 107 cm³/mol. The Labute approximate surface area is 161 Å². The van der Waals surface area contributed by atoms with E-state index in [4.69, 9.17) is 0 Å². The standard InChI is InChI=1S/C21H18N4OS/c1-25-19(11-18(24-25)16-6-3-2-4-7-16)21(26)23-13-15-10-17(14-22-12-15)20-8-5-9-27-20/h2-12,14H,13H2,1H3,(H,23,26). The zero-order valence-electron chi connectivity index (χ0n) is 14.8. The number of benzene rings is 1. The van der Waals surface area contributed by atoms with Crippen LogP contribution in [0.3, 0.4) is 0 Å². The third kappa shape index (κ3) is 3.80. The second-order valence-electron chi connectivity index (χ2n) is 6.15. The minimum Gasteiger partial charge on any atom is -0.347 e. The van der Waals surface area contributed by atoms with Crippen LogP contribution in [0.15, 0.2) is 72.4 Å². The fourth-order valence-corrected chi connectivity index (χ4v) is 3.57. The van der Waals surface area contributed by atoms with Crippen LogP contribution >= 0.6 is 11.3 Å². The van der Waals surface area contributed by atoms with Gasteiger partial charge >= 0.3 is 0 Å². The molecule has 0 spiro atoms. The molecule has 0 unspecified atom stereocenters. The lowest BCUT2D eigenvalue weighted by Crippen LogP contribution is -2.25. The Bertz CT molecular complexity index is 1060. The number of nitrogens with one attached hydrogen (secondary N) is 1. The molecule has 0 saturated heterocycles. The summed E-state index contributed by atoms with van der Waals surface area (Å²) in [6.45, 7) is 0.414. The van der Waals surface area contributed by atoms with Crippen molar-refractivity contribution in [3.63, 3.8) is 0 Å². The Morgan fingerprint density at radius 2 is 1.93 bits per heavy atom. The van der Waals surface area contributed by atoms with Crippen molar-refractivity contribution in [1.29, 1.82) is 0 Å². The quantitative estimate of drug-likeness (QED) is 0.571. The van der Waals surface area contributed by atoms with Crippen molar-refractivity contribution >= 4 is 17.2 Å². The summed E-state index contributed by atoms with van der Waals surface area (Å²) >= 11 is 1.67. The smallest absolute Gasteiger partial charge is 0.269 e. The van der Waals surface area contributed by atoms with Gasteiger partial charge in [-0.05, 0) is 29.1 Å². The molecular weight excluding hydrogens is 356 g/mol. The molecule has 27 heavy (non-hydrogen) atoms. The fraction of sp³-hybridized carbons (Fsp3) is 0.0952. The molecule has 4 rings (SSSR count). The van der Waals surface area contributed by atoms with Crippen molar-refractivity contribution in [2.45, 2.75) is 6.54 Å². The highest BCUT2D eigenvalue weighted by Gasteiger charge is 2.14. The van der Waals surface area contributed by atoms with E-state index < -0.39 is 0 Å². The first-order valence-electron chi connectivity index (χ1n) is 8.56. The molecule has 0 radical (unpaired) electrons. The predicted octanol–water partition coefficient (Wildman–Crippen LogP) is 4.14. The van der Waals surface area contributed by atoms with Gasteiger partial charge in [0.15, 0.2) is 0 Å². The van der Waals surface area contributed by atoms with E-state index in [2.05, 4.69) is 27.5 Å². The monoisotopic (exact) mass is 374 g/mol. The van der Waals surface area contributed by atoms with E-state index in [0.717, 1.165) is 27.3 Å². The summed E-state index contributed by atoms with van der Waals surface area (Å²) in [6.07, 6.45) is 3.61. The highest BCUT2D eigenvalue weighted by molar-refractivity contribution is 7.13. The molecule has 0 atom stereocenters. The van der Waals surface area contributed by atoms with Crippen molar-refractivity contribution in [1.82, 2.24) is 20.1 Å². The van der Waals surface area contributed by atoms with E-state index in [9.17, 15) is 4.79 Å². The number of hydrogen-bond donors (Lipinski definition) is 1. The van der Waals surface area contributed by atoms with Gasteiger partial charge in [-0.25, -0.2) is 0 Å². The first-order chi connectivity index (χ1) is 13.2. The summed E-state index contributed by atoms with van der Waals surface area (Å²) < 4.78 is 1.61. The summed E-state index contributed by atoms with van der Waals surface area (Å²) in [7, 11) is 1.78. The highest BCUT2D eigenvalue weighted by atomic mass is 32.1. The number of rotatable bonds is 5. The van der Waals surface area contributed by atoms with Gasteiger partial charge in [0.1, 0.15) is 5.69 Å². The van der Waals surface area contributed by atoms with Crippen LogP contribution in [0.2, 0.25) is 0 Å². The molecule has 0 fully saturated rings. The molecule has 1 N–H and O–H groups in total. The van der Waals surface area contributed by atoms with E-state index in [-0.39, 0.29) is 5.91 Å². The minimum atomic E-state index is -0.159. The van der Waals surface area contributed by atoms with E-state index in [0.29, 0.717) is 12.2 Å². The number of amides is 1. The van der Waals surface area contributed by atoms with Gasteiger partial charge in [0.25, 0.3) is 5.91 Å². The Morgan fingerprint density at radius 3 is 2.70 bits per heavy atom. The molecular formula is C21H18N4OS. The van der Waals surface area contributed by atoms with Gasteiger partial charge in [-0.2, -0.15) is 5.10 Å². The molecule has 134 valence electrons. The van der Waals surface area contributed by atoms with Crippen LogP contribution in [0.1, 0.15) is 16.1 Å². The maximum absolute atomic E-state index is 12.6. The van der Waals surface area contributed by atoms with Crippen molar-refractivity contribution < 1.29 is 4.79 Å². The maximum atomic E-state index is 12.6. The molecule has 5 nitrogen and oxygen atoms in total. The Balaban J connectivity index is 1.47. The fourth-order valence-electron chi connectivity index (χ4n) is 2.86. The van der Waals surface area contributed by atoms with Crippen molar-refractivity contribution in [3.8, 4) is 21.7 Å². The zero-order chi connectivity index (χ0) is 18.6. The molecule has 0 aliphatic carbocycles. The average molecular weight is 374 g/mol. The highest BCUT2D eigenvalue weighted by Crippen LogP contribution is 2.24. The van der Waals surface area contributed by atoms with Gasteiger partial charge in [0, 0.05) is 42.0 Å². The van der Waals surface area contributed by atoms with Gasteiger partial charge in [-0.1, -0.05) is 36.4 Å². The number of hydrogen-bond acceptors (Lipinski definition) is 4. The van der Waals surface area contributed by atoms with E-state index in [1.807, 2.05) is 54.0 Å². The molecule has 3 aromatic heterocycles. The Kier molecular flexibility index (Phi) is 4.80. The second-order valence-corrected chi connectivity index (χ2v) is 7.09. The van der Waals surface area contributed by atoms with Crippen LogP contribution in [0.25, 0.3) is 21.7 Å². The lowest BCUT2D eigenvalue weighted by atomic mass is 10.1. The number of aromatic nitrogens is 3. The van der Waals surface area contributed by atoms with E-state index in [1.54, 1.807) is 29.3 Å². The number of nitrogens with zero attached hydrogens (tertiary/aromatic N) is 3. The molecule has 0 bridgehead atoms. The van der Waals surface area contributed by atoms with Crippen LogP contribution < -0.4 is 5.32 Å². The lowest BCUT2D eigenvalue weighted by molar-refractivity contribution is 0.0941. The van der Waals surface area contributed by atoms with Crippen LogP contribution in [0.5, 0.6) is 0 Å². The van der Waals surface area contributed by atoms with Crippen LogP contribution in [0, 0.1) is 0 Å². The Hall–Kier alpha value is -3.25. The van der Waals surface area contributed by atoms with Crippen molar-refractivity contribution in [2.75, 3.05) is 0 Å². The summed E-state index contributed by atoms with van der Waals surface area (Å²) in [5.74, 6) is -0.159.